The summed E-state index contributed by atoms with van der Waals surface area (Å²) < 4.78 is 33.1. The van der Waals surface area contributed by atoms with Crippen molar-refractivity contribution in [3.05, 3.63) is 58.6 Å². The summed E-state index contributed by atoms with van der Waals surface area (Å²) in [6.45, 7) is 6.11. The highest BCUT2D eigenvalue weighted by molar-refractivity contribution is 7.89. The molecular weight excluding hydrogens is 400 g/mol. The van der Waals surface area contributed by atoms with Gasteiger partial charge in [-0.2, -0.15) is 4.31 Å². The van der Waals surface area contributed by atoms with E-state index in [0.29, 0.717) is 5.69 Å². The fraction of sp³-hybridized carbons (Fsp3) is 0.350. The van der Waals surface area contributed by atoms with E-state index in [9.17, 15) is 13.2 Å². The van der Waals surface area contributed by atoms with E-state index in [4.69, 9.17) is 16.3 Å². The third kappa shape index (κ3) is 4.55. The van der Waals surface area contributed by atoms with E-state index in [1.54, 1.807) is 6.07 Å². The largest absolute Gasteiger partial charge is 0.373 e. The molecule has 6 nitrogen and oxygen atoms in total. The number of carbonyl (C=O) groups excluding carboxylic acids is 1. The molecule has 150 valence electrons. The number of nitrogens with one attached hydrogen (secondary N) is 1. The minimum absolute atomic E-state index is 0.0348. The van der Waals surface area contributed by atoms with Gasteiger partial charge in [0.05, 0.1) is 27.7 Å². The highest BCUT2D eigenvalue weighted by Gasteiger charge is 2.32. The van der Waals surface area contributed by atoms with Crippen molar-refractivity contribution < 1.29 is 17.9 Å². The topological polar surface area (TPSA) is 75.7 Å². The molecule has 0 aliphatic carbocycles. The molecule has 2 aromatic rings. The molecule has 8 heteroatoms. The number of sulfonamides is 1. The van der Waals surface area contributed by atoms with Gasteiger partial charge >= 0.3 is 0 Å². The molecule has 28 heavy (non-hydrogen) atoms. The Labute approximate surface area is 170 Å². The molecule has 0 radical (unpaired) electrons. The van der Waals surface area contributed by atoms with Gasteiger partial charge in [0.15, 0.2) is 0 Å². The quantitative estimate of drug-likeness (QED) is 0.815. The highest BCUT2D eigenvalue weighted by Crippen LogP contribution is 2.26. The predicted octanol–water partition coefficient (Wildman–Crippen LogP) is 3.70. The number of carbonyl (C=O) groups is 1. The van der Waals surface area contributed by atoms with E-state index in [1.165, 1.54) is 22.5 Å². The van der Waals surface area contributed by atoms with Crippen molar-refractivity contribution in [1.82, 2.24) is 4.31 Å². The number of hydrogen-bond donors (Lipinski definition) is 1. The second-order valence-electron chi connectivity index (χ2n) is 7.04. The van der Waals surface area contributed by atoms with Gasteiger partial charge < -0.3 is 10.1 Å². The van der Waals surface area contributed by atoms with Crippen LogP contribution in [0.15, 0.2) is 47.4 Å². The third-order valence-corrected chi connectivity index (χ3v) is 6.64. The van der Waals surface area contributed by atoms with Crippen LogP contribution in [0.5, 0.6) is 0 Å². The van der Waals surface area contributed by atoms with Crippen LogP contribution in [0.4, 0.5) is 5.69 Å². The number of rotatable bonds is 4. The van der Waals surface area contributed by atoms with Crippen molar-refractivity contribution in [2.75, 3.05) is 18.4 Å². The molecule has 0 aromatic heterocycles. The fourth-order valence-corrected chi connectivity index (χ4v) is 5.06. The van der Waals surface area contributed by atoms with Crippen molar-refractivity contribution in [2.24, 2.45) is 0 Å². The van der Waals surface area contributed by atoms with Crippen LogP contribution in [0.25, 0.3) is 0 Å². The van der Waals surface area contributed by atoms with Crippen molar-refractivity contribution in [3.8, 4) is 0 Å². The number of anilines is 1. The Morgan fingerprint density at radius 2 is 1.82 bits per heavy atom. The first-order valence-corrected chi connectivity index (χ1v) is 10.8. The summed E-state index contributed by atoms with van der Waals surface area (Å²) >= 11 is 6.18. The first-order valence-electron chi connectivity index (χ1n) is 9.00. The van der Waals surface area contributed by atoms with Crippen LogP contribution in [0.1, 0.15) is 29.8 Å². The van der Waals surface area contributed by atoms with Gasteiger partial charge in [0.1, 0.15) is 0 Å². The SMILES string of the molecule is Cc1cccc(NC(=O)c2cc(S(=O)(=O)N3C[C@@H](C)O[C@@H](C)C3)ccc2Cl)c1. The number of benzene rings is 2. The first kappa shape index (κ1) is 20.8. The van der Waals surface area contributed by atoms with Gasteiger partial charge in [0, 0.05) is 18.8 Å². The van der Waals surface area contributed by atoms with Crippen LogP contribution in [-0.2, 0) is 14.8 Å². The first-order chi connectivity index (χ1) is 13.2. The summed E-state index contributed by atoms with van der Waals surface area (Å²) in [6.07, 6.45) is -0.398. The minimum atomic E-state index is -3.77. The molecule has 2 atom stereocenters. The van der Waals surface area contributed by atoms with E-state index in [-0.39, 0.29) is 40.8 Å². The number of halogens is 1. The molecule has 1 aliphatic heterocycles. The Bertz CT molecular complexity index is 983. The standard InChI is InChI=1S/C20H23ClN2O4S/c1-13-5-4-6-16(9-13)22-20(24)18-10-17(7-8-19(18)21)28(25,26)23-11-14(2)27-15(3)12-23/h4-10,14-15H,11-12H2,1-3H3,(H,22,24)/t14-,15+. The van der Waals surface area contributed by atoms with E-state index >= 15 is 0 Å². The summed E-state index contributed by atoms with van der Waals surface area (Å²) in [4.78, 5) is 12.7. The van der Waals surface area contributed by atoms with Gasteiger partial charge in [-0.05, 0) is 56.7 Å². The van der Waals surface area contributed by atoms with E-state index in [2.05, 4.69) is 5.32 Å². The zero-order valence-electron chi connectivity index (χ0n) is 16.0. The lowest BCUT2D eigenvalue weighted by molar-refractivity contribution is -0.0440. The molecule has 1 aliphatic rings. The molecule has 3 rings (SSSR count). The number of morpholine rings is 1. The van der Waals surface area contributed by atoms with Gasteiger partial charge in [0.25, 0.3) is 5.91 Å². The third-order valence-electron chi connectivity index (χ3n) is 4.48. The maximum absolute atomic E-state index is 13.1. The van der Waals surface area contributed by atoms with Crippen molar-refractivity contribution >= 4 is 33.2 Å². The lowest BCUT2D eigenvalue weighted by Crippen LogP contribution is -2.48. The van der Waals surface area contributed by atoms with Crippen LogP contribution in [-0.4, -0.2) is 43.9 Å². The van der Waals surface area contributed by atoms with Crippen LogP contribution in [0.3, 0.4) is 0 Å². The van der Waals surface area contributed by atoms with Crippen molar-refractivity contribution in [1.29, 1.82) is 0 Å². The predicted molar refractivity (Wildman–Crippen MR) is 109 cm³/mol. The summed E-state index contributed by atoms with van der Waals surface area (Å²) in [5, 5.41) is 2.95. The normalized spacial score (nSPS) is 20.7. The van der Waals surface area contributed by atoms with Crippen LogP contribution in [0, 0.1) is 6.92 Å². The highest BCUT2D eigenvalue weighted by atomic mass is 35.5. The number of nitrogens with zero attached hydrogens (tertiary/aromatic N) is 1. The second kappa shape index (κ2) is 8.21. The van der Waals surface area contributed by atoms with Gasteiger partial charge in [-0.1, -0.05) is 23.7 Å². The Morgan fingerprint density at radius 3 is 2.46 bits per heavy atom. The van der Waals surface area contributed by atoms with E-state index < -0.39 is 15.9 Å². The monoisotopic (exact) mass is 422 g/mol. The average molecular weight is 423 g/mol. The van der Waals surface area contributed by atoms with Gasteiger partial charge in [-0.3, -0.25) is 4.79 Å². The summed E-state index contributed by atoms with van der Waals surface area (Å²) in [7, 11) is -3.77. The zero-order chi connectivity index (χ0) is 20.5. The molecule has 1 heterocycles. The molecular formula is C20H23ClN2O4S. The Balaban J connectivity index is 1.89. The fourth-order valence-electron chi connectivity index (χ4n) is 3.24. The van der Waals surface area contributed by atoms with Gasteiger partial charge in [-0.15, -0.1) is 0 Å². The Morgan fingerprint density at radius 1 is 1.14 bits per heavy atom. The van der Waals surface area contributed by atoms with E-state index in [0.717, 1.165) is 5.56 Å². The van der Waals surface area contributed by atoms with Gasteiger partial charge in [0.2, 0.25) is 10.0 Å². The van der Waals surface area contributed by atoms with Crippen LogP contribution in [0.2, 0.25) is 5.02 Å². The molecule has 1 saturated heterocycles. The van der Waals surface area contributed by atoms with Crippen LogP contribution < -0.4 is 5.32 Å². The Kier molecular flexibility index (Phi) is 6.09. The maximum atomic E-state index is 13.1. The summed E-state index contributed by atoms with van der Waals surface area (Å²) in [6, 6.07) is 11.5. The molecule has 1 fully saturated rings. The molecule has 0 bridgehead atoms. The zero-order valence-corrected chi connectivity index (χ0v) is 17.5. The number of ether oxygens (including phenoxy) is 1. The molecule has 0 unspecified atom stereocenters. The number of hydrogen-bond acceptors (Lipinski definition) is 4. The second-order valence-corrected chi connectivity index (χ2v) is 9.39. The summed E-state index contributed by atoms with van der Waals surface area (Å²) in [5.74, 6) is -0.462. The van der Waals surface area contributed by atoms with E-state index in [1.807, 2.05) is 39.0 Å². The van der Waals surface area contributed by atoms with Crippen LogP contribution >= 0.6 is 11.6 Å². The molecule has 0 spiro atoms. The maximum Gasteiger partial charge on any atom is 0.257 e. The van der Waals surface area contributed by atoms with Gasteiger partial charge in [-0.25, -0.2) is 8.42 Å². The summed E-state index contributed by atoms with van der Waals surface area (Å²) in [5.41, 5.74) is 1.72. The van der Waals surface area contributed by atoms with Crippen molar-refractivity contribution in [2.45, 2.75) is 37.9 Å². The number of amides is 1. The lowest BCUT2D eigenvalue weighted by Gasteiger charge is -2.34. The molecule has 1 amide bonds. The minimum Gasteiger partial charge on any atom is -0.373 e. The smallest absolute Gasteiger partial charge is 0.257 e. The molecule has 1 N–H and O–H groups in total. The Hall–Kier alpha value is -1.93. The average Bonchev–Trinajstić information content (AvgIpc) is 2.61. The lowest BCUT2D eigenvalue weighted by atomic mass is 10.2. The number of aryl methyl sites for hydroxylation is 1. The van der Waals surface area contributed by atoms with Crippen molar-refractivity contribution in [3.63, 3.8) is 0 Å². The molecule has 0 saturated carbocycles. The molecule has 2 aromatic carbocycles.